The number of rotatable bonds is 6. The second kappa shape index (κ2) is 8.75. The molecule has 162 valence electrons. The monoisotopic (exact) mass is 428 g/mol. The SMILES string of the molecule is N#CC[C@H]1CC[C@H](n2c(CC(=O)NCc3cnccn3)nc3cnc4[nH]ccc4c32)CC1. The van der Waals surface area contributed by atoms with Crippen LogP contribution < -0.4 is 5.32 Å². The van der Waals surface area contributed by atoms with Gasteiger partial charge in [-0.3, -0.25) is 14.8 Å². The highest BCUT2D eigenvalue weighted by Gasteiger charge is 2.27. The van der Waals surface area contributed by atoms with Gasteiger partial charge in [-0.2, -0.15) is 5.26 Å². The first-order valence-electron chi connectivity index (χ1n) is 10.9. The number of H-pyrrole nitrogens is 1. The lowest BCUT2D eigenvalue weighted by atomic mass is 9.84. The van der Waals surface area contributed by atoms with Crippen LogP contribution in [0.3, 0.4) is 0 Å². The van der Waals surface area contributed by atoms with Gasteiger partial charge in [0.2, 0.25) is 5.91 Å². The molecule has 5 rings (SSSR count). The molecule has 4 aromatic heterocycles. The zero-order valence-corrected chi connectivity index (χ0v) is 17.7. The van der Waals surface area contributed by atoms with Crippen molar-refractivity contribution >= 4 is 28.0 Å². The molecule has 1 fully saturated rings. The van der Waals surface area contributed by atoms with Crippen LogP contribution in [0.15, 0.2) is 37.1 Å². The Balaban J connectivity index is 1.44. The quantitative estimate of drug-likeness (QED) is 0.486. The third kappa shape index (κ3) is 3.91. The maximum atomic E-state index is 12.8. The highest BCUT2D eigenvalue weighted by Crippen LogP contribution is 2.37. The van der Waals surface area contributed by atoms with Crippen molar-refractivity contribution in [1.29, 1.82) is 5.26 Å². The highest BCUT2D eigenvalue weighted by molar-refractivity contribution is 6.01. The summed E-state index contributed by atoms with van der Waals surface area (Å²) >= 11 is 0. The predicted octanol–water partition coefficient (Wildman–Crippen LogP) is 3.21. The molecule has 0 spiro atoms. The Morgan fingerprint density at radius 2 is 2.09 bits per heavy atom. The van der Waals surface area contributed by atoms with Crippen molar-refractivity contribution in [2.45, 2.75) is 51.1 Å². The molecule has 9 nitrogen and oxygen atoms in total. The zero-order valence-electron chi connectivity index (χ0n) is 17.7. The molecular weight excluding hydrogens is 404 g/mol. The molecule has 0 atom stereocenters. The van der Waals surface area contributed by atoms with Crippen molar-refractivity contribution in [2.24, 2.45) is 5.92 Å². The second-order valence-electron chi connectivity index (χ2n) is 8.32. The number of fused-ring (bicyclic) bond motifs is 3. The summed E-state index contributed by atoms with van der Waals surface area (Å²) in [6.07, 6.45) is 13.3. The summed E-state index contributed by atoms with van der Waals surface area (Å²) in [5.41, 5.74) is 3.35. The Morgan fingerprint density at radius 1 is 1.22 bits per heavy atom. The fourth-order valence-electron chi connectivity index (χ4n) is 4.71. The maximum Gasteiger partial charge on any atom is 0.227 e. The van der Waals surface area contributed by atoms with E-state index in [1.54, 1.807) is 24.8 Å². The number of hydrogen-bond acceptors (Lipinski definition) is 6. The van der Waals surface area contributed by atoms with Gasteiger partial charge in [-0.1, -0.05) is 0 Å². The number of aromatic amines is 1. The number of hydrogen-bond donors (Lipinski definition) is 2. The molecule has 1 amide bonds. The van der Waals surface area contributed by atoms with Crippen molar-refractivity contribution in [3.63, 3.8) is 0 Å². The summed E-state index contributed by atoms with van der Waals surface area (Å²) in [5, 5.41) is 13.0. The molecule has 1 saturated carbocycles. The summed E-state index contributed by atoms with van der Waals surface area (Å²) in [5.74, 6) is 1.10. The van der Waals surface area contributed by atoms with Crippen molar-refractivity contribution in [3.05, 3.63) is 48.6 Å². The molecule has 4 heterocycles. The van der Waals surface area contributed by atoms with E-state index in [2.05, 4.69) is 35.9 Å². The molecule has 0 unspecified atom stereocenters. The van der Waals surface area contributed by atoms with E-state index in [9.17, 15) is 4.79 Å². The first-order chi connectivity index (χ1) is 15.7. The van der Waals surface area contributed by atoms with E-state index >= 15 is 0 Å². The molecule has 0 bridgehead atoms. The normalized spacial score (nSPS) is 18.6. The summed E-state index contributed by atoms with van der Waals surface area (Å²) < 4.78 is 2.25. The summed E-state index contributed by atoms with van der Waals surface area (Å²) in [6, 6.07) is 4.57. The van der Waals surface area contributed by atoms with E-state index in [-0.39, 0.29) is 18.4 Å². The van der Waals surface area contributed by atoms with Crippen LogP contribution in [0.2, 0.25) is 0 Å². The van der Waals surface area contributed by atoms with Gasteiger partial charge in [0.15, 0.2) is 0 Å². The Bertz CT molecular complexity index is 1280. The van der Waals surface area contributed by atoms with Crippen LogP contribution in [-0.2, 0) is 17.8 Å². The molecule has 0 saturated heterocycles. The van der Waals surface area contributed by atoms with Gasteiger partial charge >= 0.3 is 0 Å². The molecule has 0 aromatic carbocycles. The lowest BCUT2D eigenvalue weighted by molar-refractivity contribution is -0.120. The van der Waals surface area contributed by atoms with Crippen LogP contribution in [-0.4, -0.2) is 35.4 Å². The van der Waals surface area contributed by atoms with Crippen LogP contribution in [0.4, 0.5) is 0 Å². The third-order valence-electron chi connectivity index (χ3n) is 6.27. The molecule has 9 heteroatoms. The summed E-state index contributed by atoms with van der Waals surface area (Å²) in [7, 11) is 0. The number of pyridine rings is 1. The van der Waals surface area contributed by atoms with E-state index < -0.39 is 0 Å². The Labute approximate surface area is 184 Å². The van der Waals surface area contributed by atoms with Gasteiger partial charge < -0.3 is 14.9 Å². The van der Waals surface area contributed by atoms with Gasteiger partial charge in [-0.25, -0.2) is 9.97 Å². The molecule has 0 radical (unpaired) electrons. The van der Waals surface area contributed by atoms with Crippen LogP contribution in [0, 0.1) is 17.2 Å². The minimum absolute atomic E-state index is 0.108. The van der Waals surface area contributed by atoms with Gasteiger partial charge in [0, 0.05) is 36.4 Å². The van der Waals surface area contributed by atoms with Crippen molar-refractivity contribution < 1.29 is 4.79 Å². The number of imidazole rings is 1. The van der Waals surface area contributed by atoms with E-state index in [0.717, 1.165) is 53.6 Å². The van der Waals surface area contributed by atoms with Crippen molar-refractivity contribution in [2.75, 3.05) is 0 Å². The number of carbonyl (C=O) groups is 1. The van der Waals surface area contributed by atoms with E-state index in [1.807, 2.05) is 12.3 Å². The molecule has 2 N–H and O–H groups in total. The smallest absolute Gasteiger partial charge is 0.227 e. The predicted molar refractivity (Wildman–Crippen MR) is 118 cm³/mol. The fourth-order valence-corrected chi connectivity index (χ4v) is 4.71. The van der Waals surface area contributed by atoms with E-state index in [0.29, 0.717) is 24.6 Å². The summed E-state index contributed by atoms with van der Waals surface area (Å²) in [6.45, 7) is 0.329. The third-order valence-corrected chi connectivity index (χ3v) is 6.27. The fraction of sp³-hybridized carbons (Fsp3) is 0.391. The molecule has 0 aliphatic heterocycles. The lowest BCUT2D eigenvalue weighted by Crippen LogP contribution is -2.27. The minimum atomic E-state index is -0.108. The standard InChI is InChI=1S/C23H24N8O/c24-7-5-15-1-3-17(4-2-15)31-20(11-21(32)28-13-16-12-25-9-10-26-16)30-19-14-29-23-18(22(19)31)6-8-27-23/h6,8-10,12,14-15,17H,1-5,11,13H2,(H,27,29)(H,28,32)/t15-,17-. The second-order valence-corrected chi connectivity index (χ2v) is 8.32. The number of nitrogens with zero attached hydrogens (tertiary/aromatic N) is 6. The molecular formula is C23H24N8O. The molecule has 4 aromatic rings. The zero-order chi connectivity index (χ0) is 21.9. The van der Waals surface area contributed by atoms with Crippen LogP contribution in [0.5, 0.6) is 0 Å². The van der Waals surface area contributed by atoms with Gasteiger partial charge in [0.25, 0.3) is 0 Å². The molecule has 32 heavy (non-hydrogen) atoms. The van der Waals surface area contributed by atoms with E-state index in [4.69, 9.17) is 10.2 Å². The van der Waals surface area contributed by atoms with Gasteiger partial charge in [-0.15, -0.1) is 0 Å². The Morgan fingerprint density at radius 3 is 2.88 bits per heavy atom. The van der Waals surface area contributed by atoms with Crippen molar-refractivity contribution in [1.82, 2.24) is 34.8 Å². The molecule has 1 aliphatic rings. The average Bonchev–Trinajstić information content (AvgIpc) is 3.43. The average molecular weight is 429 g/mol. The largest absolute Gasteiger partial charge is 0.350 e. The van der Waals surface area contributed by atoms with E-state index in [1.165, 1.54) is 0 Å². The first-order valence-corrected chi connectivity index (χ1v) is 10.9. The van der Waals surface area contributed by atoms with Crippen LogP contribution >= 0.6 is 0 Å². The topological polar surface area (TPSA) is 125 Å². The Kier molecular flexibility index (Phi) is 5.50. The van der Waals surface area contributed by atoms with Crippen LogP contribution in [0.25, 0.3) is 22.1 Å². The number of nitrogens with one attached hydrogen (secondary N) is 2. The number of carbonyl (C=O) groups excluding carboxylic acids is 1. The Hall–Kier alpha value is -3.80. The first kappa shape index (κ1) is 20.1. The van der Waals surface area contributed by atoms with Gasteiger partial charge in [-0.05, 0) is 37.7 Å². The van der Waals surface area contributed by atoms with Gasteiger partial charge in [0.1, 0.15) is 17.0 Å². The van der Waals surface area contributed by atoms with Gasteiger partial charge in [0.05, 0.1) is 42.6 Å². The lowest BCUT2D eigenvalue weighted by Gasteiger charge is -2.30. The molecule has 1 aliphatic carbocycles. The number of amides is 1. The number of nitriles is 1. The summed E-state index contributed by atoms with van der Waals surface area (Å²) in [4.78, 5) is 33.5. The van der Waals surface area contributed by atoms with Crippen molar-refractivity contribution in [3.8, 4) is 6.07 Å². The minimum Gasteiger partial charge on any atom is -0.350 e. The number of aromatic nitrogens is 6. The highest BCUT2D eigenvalue weighted by atomic mass is 16.1. The van der Waals surface area contributed by atoms with Crippen LogP contribution in [0.1, 0.15) is 49.7 Å². The maximum absolute atomic E-state index is 12.8.